The highest BCUT2D eigenvalue weighted by atomic mass is 32.2. The molecule has 0 saturated carbocycles. The lowest BCUT2D eigenvalue weighted by Crippen LogP contribution is -2.49. The zero-order chi connectivity index (χ0) is 20.0. The molecule has 1 aliphatic rings. The highest BCUT2D eigenvalue weighted by molar-refractivity contribution is 7.89. The number of halogens is 1. The molecule has 0 radical (unpaired) electrons. The number of rotatable bonds is 6. The molecule has 1 amide bonds. The molecule has 1 N–H and O–H groups in total. The van der Waals surface area contributed by atoms with Gasteiger partial charge in [0.25, 0.3) is 0 Å². The van der Waals surface area contributed by atoms with Gasteiger partial charge < -0.3 is 4.90 Å². The maximum absolute atomic E-state index is 13.2. The predicted octanol–water partition coefficient (Wildman–Crippen LogP) is 3.12. The molecule has 1 fully saturated rings. The normalized spacial score (nSPS) is 16.4. The van der Waals surface area contributed by atoms with E-state index >= 15 is 0 Å². The summed E-state index contributed by atoms with van der Waals surface area (Å²) >= 11 is 0. The van der Waals surface area contributed by atoms with Crippen molar-refractivity contribution in [2.45, 2.75) is 43.0 Å². The average Bonchev–Trinajstić information content (AvgIpc) is 2.97. The van der Waals surface area contributed by atoms with E-state index in [9.17, 15) is 17.6 Å². The van der Waals surface area contributed by atoms with Crippen molar-refractivity contribution in [3.63, 3.8) is 0 Å². The zero-order valence-corrected chi connectivity index (χ0v) is 16.5. The van der Waals surface area contributed by atoms with Gasteiger partial charge in [-0.25, -0.2) is 12.8 Å². The maximum atomic E-state index is 13.2. The van der Waals surface area contributed by atoms with Crippen LogP contribution in [0.5, 0.6) is 0 Å². The third-order valence-corrected chi connectivity index (χ3v) is 6.41. The van der Waals surface area contributed by atoms with Crippen LogP contribution in [0, 0.1) is 5.82 Å². The minimum Gasteiger partial charge on any atom is -0.341 e. The van der Waals surface area contributed by atoms with Crippen LogP contribution in [0.3, 0.4) is 0 Å². The smallest absolute Gasteiger partial charge is 0.241 e. The van der Waals surface area contributed by atoms with Gasteiger partial charge in [0.2, 0.25) is 15.9 Å². The summed E-state index contributed by atoms with van der Waals surface area (Å²) in [5.74, 6) is -0.725. The summed E-state index contributed by atoms with van der Waals surface area (Å²) in [6.07, 6.45) is 4.27. The van der Waals surface area contributed by atoms with Crippen LogP contribution in [-0.4, -0.2) is 38.4 Å². The number of hydrogen-bond donors (Lipinski definition) is 1. The lowest BCUT2D eigenvalue weighted by atomic mass is 10.1. The topological polar surface area (TPSA) is 66.5 Å². The van der Waals surface area contributed by atoms with Gasteiger partial charge in [0.05, 0.1) is 4.90 Å². The molecule has 28 heavy (non-hydrogen) atoms. The highest BCUT2D eigenvalue weighted by Crippen LogP contribution is 2.16. The van der Waals surface area contributed by atoms with E-state index in [0.717, 1.165) is 43.4 Å². The van der Waals surface area contributed by atoms with Crippen molar-refractivity contribution in [1.29, 1.82) is 0 Å². The molecule has 7 heteroatoms. The summed E-state index contributed by atoms with van der Waals surface area (Å²) in [6.45, 7) is 1.28. The first-order chi connectivity index (χ1) is 13.5. The number of amides is 1. The standard InChI is InChI=1S/C21H25FN2O3S/c22-18-10-12-19(13-11-18)28(26,27)23-20(16-17-8-4-3-5-9-17)21(25)24-14-6-1-2-7-15-24/h3-5,8-13,20,23H,1-2,6-7,14-16H2/t20-/m0/s1. The number of hydrogen-bond acceptors (Lipinski definition) is 3. The van der Waals surface area contributed by atoms with Gasteiger partial charge in [0.15, 0.2) is 0 Å². The first-order valence-corrected chi connectivity index (χ1v) is 11.0. The Morgan fingerprint density at radius 3 is 2.18 bits per heavy atom. The minimum absolute atomic E-state index is 0.0596. The second-order valence-electron chi connectivity index (χ2n) is 7.06. The molecular formula is C21H25FN2O3S. The molecule has 5 nitrogen and oxygen atoms in total. The Morgan fingerprint density at radius 1 is 0.964 bits per heavy atom. The number of benzene rings is 2. The second kappa shape index (κ2) is 9.30. The van der Waals surface area contributed by atoms with E-state index in [0.29, 0.717) is 13.1 Å². The molecule has 150 valence electrons. The fourth-order valence-electron chi connectivity index (χ4n) is 3.41. The van der Waals surface area contributed by atoms with E-state index in [1.807, 2.05) is 30.3 Å². The summed E-state index contributed by atoms with van der Waals surface area (Å²) in [6, 6.07) is 13.0. The molecule has 1 atom stereocenters. The van der Waals surface area contributed by atoms with Crippen LogP contribution < -0.4 is 4.72 Å². The van der Waals surface area contributed by atoms with Crippen LogP contribution in [0.25, 0.3) is 0 Å². The zero-order valence-electron chi connectivity index (χ0n) is 15.7. The molecular weight excluding hydrogens is 379 g/mol. The molecule has 1 heterocycles. The monoisotopic (exact) mass is 404 g/mol. The Kier molecular flexibility index (Phi) is 6.80. The van der Waals surface area contributed by atoms with E-state index in [2.05, 4.69) is 4.72 Å². The molecule has 2 aromatic carbocycles. The van der Waals surface area contributed by atoms with E-state index < -0.39 is 21.9 Å². The number of sulfonamides is 1. The van der Waals surface area contributed by atoms with Gasteiger partial charge >= 0.3 is 0 Å². The molecule has 0 aliphatic carbocycles. The largest absolute Gasteiger partial charge is 0.341 e. The summed E-state index contributed by atoms with van der Waals surface area (Å²) in [4.78, 5) is 14.9. The van der Waals surface area contributed by atoms with Gasteiger partial charge in [-0.1, -0.05) is 43.2 Å². The Hall–Kier alpha value is -2.25. The van der Waals surface area contributed by atoms with E-state index in [1.165, 1.54) is 12.1 Å². The number of carbonyl (C=O) groups is 1. The summed E-state index contributed by atoms with van der Waals surface area (Å²) in [5, 5.41) is 0. The molecule has 3 rings (SSSR count). The van der Waals surface area contributed by atoms with Gasteiger partial charge in [-0.2, -0.15) is 4.72 Å². The van der Waals surface area contributed by atoms with Crippen molar-refractivity contribution in [3.05, 3.63) is 66.0 Å². The van der Waals surface area contributed by atoms with Gasteiger partial charge in [-0.3, -0.25) is 4.79 Å². The molecule has 0 bridgehead atoms. The number of nitrogens with one attached hydrogen (secondary N) is 1. The van der Waals surface area contributed by atoms with E-state index in [4.69, 9.17) is 0 Å². The van der Waals surface area contributed by atoms with Crippen LogP contribution >= 0.6 is 0 Å². The molecule has 0 spiro atoms. The van der Waals surface area contributed by atoms with Gasteiger partial charge in [0, 0.05) is 13.1 Å². The number of carbonyl (C=O) groups excluding carboxylic acids is 1. The molecule has 0 aromatic heterocycles. The van der Waals surface area contributed by atoms with Crippen LogP contribution in [0.1, 0.15) is 31.2 Å². The summed E-state index contributed by atoms with van der Waals surface area (Å²) < 4.78 is 41.3. The fourth-order valence-corrected chi connectivity index (χ4v) is 4.60. The first-order valence-electron chi connectivity index (χ1n) is 9.56. The van der Waals surface area contributed by atoms with E-state index in [-0.39, 0.29) is 17.2 Å². The Bertz CT molecular complexity index is 878. The van der Waals surface area contributed by atoms with Crippen molar-refractivity contribution in [2.24, 2.45) is 0 Å². The second-order valence-corrected chi connectivity index (χ2v) is 8.77. The Balaban J connectivity index is 1.84. The van der Waals surface area contributed by atoms with Gasteiger partial charge in [0.1, 0.15) is 11.9 Å². The summed E-state index contributed by atoms with van der Waals surface area (Å²) in [5.41, 5.74) is 0.873. The SMILES string of the molecule is O=C([C@H](Cc1ccccc1)NS(=O)(=O)c1ccc(F)cc1)N1CCCCCC1. The average molecular weight is 405 g/mol. The van der Waals surface area contributed by atoms with Crippen molar-refractivity contribution < 1.29 is 17.6 Å². The van der Waals surface area contributed by atoms with Crippen LogP contribution in [0.15, 0.2) is 59.5 Å². The third kappa shape index (κ3) is 5.39. The van der Waals surface area contributed by atoms with Crippen LogP contribution in [0.2, 0.25) is 0 Å². The third-order valence-electron chi connectivity index (χ3n) is 4.92. The predicted molar refractivity (Wildman–Crippen MR) is 106 cm³/mol. The van der Waals surface area contributed by atoms with Crippen LogP contribution in [0.4, 0.5) is 4.39 Å². The molecule has 1 saturated heterocycles. The maximum Gasteiger partial charge on any atom is 0.241 e. The van der Waals surface area contributed by atoms with Crippen molar-refractivity contribution in [1.82, 2.24) is 9.62 Å². The van der Waals surface area contributed by atoms with Gasteiger partial charge in [-0.05, 0) is 49.1 Å². The van der Waals surface area contributed by atoms with Gasteiger partial charge in [-0.15, -0.1) is 0 Å². The lowest BCUT2D eigenvalue weighted by Gasteiger charge is -2.27. The Morgan fingerprint density at radius 2 is 1.57 bits per heavy atom. The highest BCUT2D eigenvalue weighted by Gasteiger charge is 2.29. The van der Waals surface area contributed by atoms with Crippen LogP contribution in [-0.2, 0) is 21.2 Å². The molecule has 0 unspecified atom stereocenters. The van der Waals surface area contributed by atoms with Crippen molar-refractivity contribution >= 4 is 15.9 Å². The first kappa shape index (κ1) is 20.5. The molecule has 2 aromatic rings. The fraction of sp³-hybridized carbons (Fsp3) is 0.381. The minimum atomic E-state index is -3.95. The van der Waals surface area contributed by atoms with E-state index in [1.54, 1.807) is 4.90 Å². The lowest BCUT2D eigenvalue weighted by molar-refractivity contribution is -0.132. The molecule has 1 aliphatic heterocycles. The quantitative estimate of drug-likeness (QED) is 0.805. The van der Waals surface area contributed by atoms with Crippen molar-refractivity contribution in [3.8, 4) is 0 Å². The van der Waals surface area contributed by atoms with Crippen molar-refractivity contribution in [2.75, 3.05) is 13.1 Å². The number of likely N-dealkylation sites (tertiary alicyclic amines) is 1. The number of nitrogens with zero attached hydrogens (tertiary/aromatic N) is 1. The summed E-state index contributed by atoms with van der Waals surface area (Å²) in [7, 11) is -3.95. The Labute approximate surface area is 165 Å².